The number of methoxy groups -OCH3 is 2. The van der Waals surface area contributed by atoms with Crippen LogP contribution in [0.15, 0.2) is 66.9 Å². The highest BCUT2D eigenvalue weighted by Crippen LogP contribution is 2.36. The molecule has 4 N–H and O–H groups in total. The van der Waals surface area contributed by atoms with E-state index >= 15 is 0 Å². The van der Waals surface area contributed by atoms with Gasteiger partial charge in [-0.3, -0.25) is 19.6 Å². The number of carboxylic acid groups (broad SMARTS) is 1. The third kappa shape index (κ3) is 7.54. The molecule has 5 aliphatic rings. The summed E-state index contributed by atoms with van der Waals surface area (Å²) in [4.78, 5) is 40.6. The Bertz CT molecular complexity index is 1820. The van der Waals surface area contributed by atoms with Crippen molar-refractivity contribution < 1.29 is 43.2 Å². The largest absolute Gasteiger partial charge is 0.496 e. The Morgan fingerprint density at radius 1 is 0.939 bits per heavy atom. The number of hydrogen-bond donors (Lipinski definition) is 4. The van der Waals surface area contributed by atoms with Crippen molar-refractivity contribution in [2.75, 3.05) is 40.5 Å². The molecule has 0 atom stereocenters. The minimum absolute atomic E-state index is 0.0470. The van der Waals surface area contributed by atoms with Crippen molar-refractivity contribution in [1.82, 2.24) is 25.7 Å². The smallest absolute Gasteiger partial charge is 0.354 e. The molecule has 4 aromatic rings. The van der Waals surface area contributed by atoms with Crippen LogP contribution >= 0.6 is 0 Å². The Balaban J connectivity index is 1.26. The molecule has 2 amide bonds. The molecular weight excluding hydrogens is 634 g/mol. The Kier molecular flexibility index (Phi) is 9.85. The van der Waals surface area contributed by atoms with Crippen molar-refractivity contribution in [2.45, 2.75) is 31.5 Å². The molecule has 6 heterocycles. The fourth-order valence-electron chi connectivity index (χ4n) is 5.87. The number of aromatic nitrogens is 2. The first-order valence-electron chi connectivity index (χ1n) is 15.8. The van der Waals surface area contributed by atoms with Crippen molar-refractivity contribution in [1.29, 1.82) is 0 Å². The van der Waals surface area contributed by atoms with Crippen molar-refractivity contribution in [3.8, 4) is 34.5 Å². The summed E-state index contributed by atoms with van der Waals surface area (Å²) in [5.41, 5.74) is 0.505. The number of hydrogen-bond acceptors (Lipinski definition) is 10. The van der Waals surface area contributed by atoms with E-state index < -0.39 is 11.6 Å². The molecule has 1 fully saturated rings. The van der Waals surface area contributed by atoms with Gasteiger partial charge in [0.25, 0.3) is 11.8 Å². The molecule has 5 aliphatic heterocycles. The number of piperidine rings is 1. The number of rotatable bonds is 5. The highest BCUT2D eigenvalue weighted by atomic mass is 16.5. The summed E-state index contributed by atoms with van der Waals surface area (Å²) in [6.07, 6.45) is 2.21. The Morgan fingerprint density at radius 2 is 1.67 bits per heavy atom. The van der Waals surface area contributed by atoms with Gasteiger partial charge in [0.1, 0.15) is 35.3 Å². The van der Waals surface area contributed by atoms with Crippen LogP contribution in [0.3, 0.4) is 0 Å². The Hall–Kier alpha value is -5.76. The molecule has 14 heteroatoms. The lowest BCUT2D eigenvalue weighted by atomic mass is 9.89. The van der Waals surface area contributed by atoms with Crippen LogP contribution in [0.25, 0.3) is 0 Å². The van der Waals surface area contributed by atoms with E-state index in [1.54, 1.807) is 60.7 Å². The summed E-state index contributed by atoms with van der Waals surface area (Å²) in [6, 6.07) is 17.1. The van der Waals surface area contributed by atoms with E-state index in [1.165, 1.54) is 20.4 Å². The van der Waals surface area contributed by atoms with Crippen LogP contribution in [-0.4, -0.2) is 84.0 Å². The summed E-state index contributed by atoms with van der Waals surface area (Å²) in [5.74, 6) is 1.11. The number of nitrogens with one attached hydrogen (secondary N) is 3. The lowest BCUT2D eigenvalue weighted by Crippen LogP contribution is -2.57. The first-order valence-corrected chi connectivity index (χ1v) is 15.8. The number of nitrogens with zero attached hydrogens (tertiary/aromatic N) is 2. The summed E-state index contributed by atoms with van der Waals surface area (Å²) in [7, 11) is 3.05. The van der Waals surface area contributed by atoms with Crippen LogP contribution < -0.4 is 34.3 Å². The minimum atomic E-state index is -1.20. The van der Waals surface area contributed by atoms with Crippen LogP contribution in [0.1, 0.15) is 44.8 Å². The second-order valence-corrected chi connectivity index (χ2v) is 11.6. The maximum atomic E-state index is 14.0. The predicted molar refractivity (Wildman–Crippen MR) is 176 cm³/mol. The van der Waals surface area contributed by atoms with E-state index in [-0.39, 0.29) is 37.2 Å². The zero-order valence-corrected chi connectivity index (χ0v) is 27.1. The number of benzene rings is 3. The monoisotopic (exact) mass is 671 g/mol. The SMILES string of the molecule is COc1cc2ccc1CNC(=O)C1(CCN(Cc3cn[nH]c3C(=O)O)CC1)Oc1ccc(cc1)OCCNC(=O)c1ccc(OC)c(c1)O2. The standard InChI is InChI=1S/C35H37N5O9/c1-45-28-10-4-22-17-30(28)48-27-5-3-23(29(18-27)46-2)19-37-34(44)35(49-26-8-6-25(7-9-26)47-16-13-36-32(22)41)11-14-40(15-12-35)21-24-20-38-39-31(24)33(42)43/h3-10,17-18,20H,11-16,19,21H2,1-2H3,(H,36,41)(H,37,44)(H,38,39)(H,42,43). The van der Waals surface area contributed by atoms with Gasteiger partial charge in [-0.15, -0.1) is 0 Å². The van der Waals surface area contributed by atoms with Crippen LogP contribution in [-0.2, 0) is 17.9 Å². The topological polar surface area (TPSA) is 174 Å². The first kappa shape index (κ1) is 33.2. The van der Waals surface area contributed by atoms with Crippen molar-refractivity contribution in [2.24, 2.45) is 0 Å². The van der Waals surface area contributed by atoms with Crippen molar-refractivity contribution in [3.05, 3.63) is 89.2 Å². The average Bonchev–Trinajstić information content (AvgIpc) is 3.59. The van der Waals surface area contributed by atoms with Crippen LogP contribution in [0.4, 0.5) is 0 Å². The van der Waals surface area contributed by atoms with Gasteiger partial charge in [-0.2, -0.15) is 5.10 Å². The van der Waals surface area contributed by atoms with Crippen LogP contribution in [0, 0.1) is 0 Å². The van der Waals surface area contributed by atoms with Gasteiger partial charge in [0.2, 0.25) is 0 Å². The Morgan fingerprint density at radius 3 is 2.41 bits per heavy atom. The average molecular weight is 672 g/mol. The van der Waals surface area contributed by atoms with Crippen LogP contribution in [0.2, 0.25) is 0 Å². The van der Waals surface area contributed by atoms with E-state index in [4.69, 9.17) is 23.7 Å². The molecule has 0 saturated carbocycles. The fourth-order valence-corrected chi connectivity index (χ4v) is 5.87. The van der Waals surface area contributed by atoms with Gasteiger partial charge in [0.15, 0.2) is 17.1 Å². The molecule has 6 bridgehead atoms. The van der Waals surface area contributed by atoms with Gasteiger partial charge in [0, 0.05) is 61.8 Å². The van der Waals surface area contributed by atoms with E-state index in [0.717, 1.165) is 0 Å². The fraction of sp³-hybridized carbons (Fsp3) is 0.314. The molecule has 9 rings (SSSR count). The molecule has 256 valence electrons. The second kappa shape index (κ2) is 14.6. The number of H-pyrrole nitrogens is 1. The molecule has 0 radical (unpaired) electrons. The molecule has 0 unspecified atom stereocenters. The third-order valence-electron chi connectivity index (χ3n) is 8.55. The zero-order valence-electron chi connectivity index (χ0n) is 27.1. The number of aromatic carboxylic acids is 1. The lowest BCUT2D eigenvalue weighted by molar-refractivity contribution is -0.141. The van der Waals surface area contributed by atoms with E-state index in [2.05, 4.69) is 25.7 Å². The number of likely N-dealkylation sites (tertiary alicyclic amines) is 1. The van der Waals surface area contributed by atoms with Crippen molar-refractivity contribution >= 4 is 17.8 Å². The molecule has 14 nitrogen and oxygen atoms in total. The van der Waals surface area contributed by atoms with Gasteiger partial charge in [-0.05, 0) is 54.6 Å². The molecule has 0 aliphatic carbocycles. The molecule has 1 spiro atoms. The molecule has 49 heavy (non-hydrogen) atoms. The highest BCUT2D eigenvalue weighted by molar-refractivity contribution is 5.95. The third-order valence-corrected chi connectivity index (χ3v) is 8.55. The zero-order chi connectivity index (χ0) is 34.4. The summed E-state index contributed by atoms with van der Waals surface area (Å²) in [6.45, 7) is 1.95. The first-order chi connectivity index (χ1) is 23.8. The van der Waals surface area contributed by atoms with Gasteiger partial charge < -0.3 is 39.4 Å². The predicted octanol–water partition coefficient (Wildman–Crippen LogP) is 3.77. The van der Waals surface area contributed by atoms with E-state index in [0.29, 0.717) is 83.7 Å². The molecule has 1 aromatic heterocycles. The Labute approximate surface area is 282 Å². The van der Waals surface area contributed by atoms with Gasteiger partial charge in [-0.1, -0.05) is 0 Å². The molecule has 1 saturated heterocycles. The quantitative estimate of drug-likeness (QED) is 0.243. The minimum Gasteiger partial charge on any atom is -0.496 e. The summed E-state index contributed by atoms with van der Waals surface area (Å²) >= 11 is 0. The number of carbonyl (C=O) groups is 3. The number of carbonyl (C=O) groups excluding carboxylic acids is 2. The van der Waals surface area contributed by atoms with Crippen molar-refractivity contribution in [3.63, 3.8) is 0 Å². The maximum Gasteiger partial charge on any atom is 0.354 e. The van der Waals surface area contributed by atoms with Crippen LogP contribution in [0.5, 0.6) is 34.5 Å². The van der Waals surface area contributed by atoms with Gasteiger partial charge in [0.05, 0.1) is 27.0 Å². The number of ether oxygens (including phenoxy) is 5. The second-order valence-electron chi connectivity index (χ2n) is 11.6. The number of amides is 2. The van der Waals surface area contributed by atoms with Gasteiger partial charge >= 0.3 is 5.97 Å². The number of carboxylic acids is 1. The molecular formula is C35H37N5O9. The normalized spacial score (nSPS) is 16.6. The highest BCUT2D eigenvalue weighted by Gasteiger charge is 2.44. The molecule has 3 aromatic carbocycles. The van der Waals surface area contributed by atoms with E-state index in [1.807, 2.05) is 0 Å². The summed E-state index contributed by atoms with van der Waals surface area (Å²) in [5, 5.41) is 21.8. The van der Waals surface area contributed by atoms with Gasteiger partial charge in [-0.25, -0.2) is 4.79 Å². The van der Waals surface area contributed by atoms with E-state index in [9.17, 15) is 19.5 Å². The lowest BCUT2D eigenvalue weighted by Gasteiger charge is -2.40. The maximum absolute atomic E-state index is 14.0. The number of aromatic amines is 1. The summed E-state index contributed by atoms with van der Waals surface area (Å²) < 4.78 is 29.6.